The molecule has 0 aromatic heterocycles. The minimum absolute atomic E-state index is 0.344. The molecule has 0 bridgehead atoms. The Bertz CT molecular complexity index is 704. The highest BCUT2D eigenvalue weighted by molar-refractivity contribution is 8.10. The van der Waals surface area contributed by atoms with E-state index in [4.69, 9.17) is 14.6 Å². The summed E-state index contributed by atoms with van der Waals surface area (Å²) in [5.41, 5.74) is 0. The van der Waals surface area contributed by atoms with Crippen molar-refractivity contribution in [3.05, 3.63) is 35.4 Å². The number of hydrogen-bond donors (Lipinski definition) is 1. The maximum Gasteiger partial charge on any atom is 0.349 e. The Morgan fingerprint density at radius 1 is 1.30 bits per heavy atom. The first-order chi connectivity index (χ1) is 9.46. The molecule has 0 saturated carbocycles. The van der Waals surface area contributed by atoms with E-state index < -0.39 is 20.7 Å². The van der Waals surface area contributed by atoms with Crippen molar-refractivity contribution in [2.75, 3.05) is 13.7 Å². The van der Waals surface area contributed by atoms with Gasteiger partial charge < -0.3 is 14.6 Å². The Labute approximate surface area is 115 Å². The lowest BCUT2D eigenvalue weighted by Gasteiger charge is -2.10. The fraction of sp³-hybridized carbons (Fsp3) is 0.167. The largest absolute Gasteiger partial charge is 0.493 e. The second-order valence-electron chi connectivity index (χ2n) is 3.76. The van der Waals surface area contributed by atoms with E-state index in [-0.39, 0.29) is 11.7 Å². The maximum atomic E-state index is 11.8. The number of aliphatic carboxylic acids is 1. The summed E-state index contributed by atoms with van der Waals surface area (Å²) in [5.74, 6) is -0.757. The van der Waals surface area contributed by atoms with Gasteiger partial charge in [0.1, 0.15) is 6.61 Å². The fourth-order valence-electron chi connectivity index (χ4n) is 1.56. The second-order valence-corrected chi connectivity index (χ2v) is 5.68. The van der Waals surface area contributed by atoms with Crippen molar-refractivity contribution >= 4 is 20.9 Å². The van der Waals surface area contributed by atoms with Gasteiger partial charge in [0.05, 0.1) is 13.3 Å². The summed E-state index contributed by atoms with van der Waals surface area (Å²) in [7, 11) is -2.62. The van der Waals surface area contributed by atoms with Crippen LogP contribution in [0.25, 0.3) is 0 Å². The van der Waals surface area contributed by atoms with Crippen LogP contribution in [0.1, 0.15) is 0 Å². The van der Waals surface area contributed by atoms with Gasteiger partial charge in [0.15, 0.2) is 21.4 Å². The van der Waals surface area contributed by atoms with Crippen molar-refractivity contribution in [2.24, 2.45) is 4.99 Å². The van der Waals surface area contributed by atoms with Gasteiger partial charge in [-0.1, -0.05) is 12.1 Å². The molecule has 0 unspecified atom stereocenters. The number of methoxy groups -OCH3 is 1. The van der Waals surface area contributed by atoms with Crippen LogP contribution in [0, 0.1) is 0 Å². The number of sulfone groups is 1. The van der Waals surface area contributed by atoms with Crippen molar-refractivity contribution in [1.82, 2.24) is 0 Å². The SMILES string of the molecule is COc1ccccc1OCC1=NC=C(C(=O)O)S1(=O)=O. The van der Waals surface area contributed by atoms with E-state index in [9.17, 15) is 13.2 Å². The number of ether oxygens (including phenoxy) is 2. The standard InChI is InChI=1S/C12H11NO6S/c1-18-8-4-2-3-5-9(8)19-7-11-13-6-10(12(14)15)20(11,16)17/h2-6H,7H2,1H3,(H,14,15). The first kappa shape index (κ1) is 14.1. The molecule has 1 N–H and O–H groups in total. The summed E-state index contributed by atoms with van der Waals surface area (Å²) in [6.07, 6.45) is 0.804. The van der Waals surface area contributed by atoms with Gasteiger partial charge in [-0.3, -0.25) is 0 Å². The van der Waals surface area contributed by atoms with Gasteiger partial charge in [-0.25, -0.2) is 18.2 Å². The van der Waals surface area contributed by atoms with Crippen LogP contribution in [0.5, 0.6) is 11.5 Å². The molecule has 0 aliphatic carbocycles. The molecule has 0 amide bonds. The van der Waals surface area contributed by atoms with E-state index in [0.717, 1.165) is 6.20 Å². The number of hydrogen-bond acceptors (Lipinski definition) is 6. The zero-order chi connectivity index (χ0) is 14.8. The number of para-hydroxylation sites is 2. The summed E-state index contributed by atoms with van der Waals surface area (Å²) in [5, 5.41) is 8.41. The summed E-state index contributed by atoms with van der Waals surface area (Å²) in [6, 6.07) is 6.69. The van der Waals surface area contributed by atoms with Crippen molar-refractivity contribution in [3.8, 4) is 11.5 Å². The van der Waals surface area contributed by atoms with Crippen LogP contribution in [0.3, 0.4) is 0 Å². The number of carboxylic acid groups (broad SMARTS) is 1. The normalized spacial score (nSPS) is 16.2. The van der Waals surface area contributed by atoms with E-state index in [1.807, 2.05) is 0 Å². The molecule has 106 valence electrons. The zero-order valence-corrected chi connectivity index (χ0v) is 11.3. The average Bonchev–Trinajstić information content (AvgIpc) is 2.71. The van der Waals surface area contributed by atoms with Crippen LogP contribution in [0.2, 0.25) is 0 Å². The quantitative estimate of drug-likeness (QED) is 0.863. The second kappa shape index (κ2) is 5.33. The number of rotatable bonds is 5. The third kappa shape index (κ3) is 2.50. The molecule has 0 spiro atoms. The number of carbonyl (C=O) groups is 1. The Kier molecular flexibility index (Phi) is 3.75. The monoisotopic (exact) mass is 297 g/mol. The van der Waals surface area contributed by atoms with E-state index in [1.165, 1.54) is 7.11 Å². The van der Waals surface area contributed by atoms with Crippen molar-refractivity contribution in [2.45, 2.75) is 0 Å². The minimum Gasteiger partial charge on any atom is -0.493 e. The summed E-state index contributed by atoms with van der Waals surface area (Å²) < 4.78 is 34.0. The summed E-state index contributed by atoms with van der Waals surface area (Å²) in [6.45, 7) is -0.365. The predicted octanol–water partition coefficient (Wildman–Crippen LogP) is 0.827. The highest BCUT2D eigenvalue weighted by Gasteiger charge is 2.34. The lowest BCUT2D eigenvalue weighted by atomic mass is 10.3. The maximum absolute atomic E-state index is 11.8. The van der Waals surface area contributed by atoms with Crippen molar-refractivity contribution in [1.29, 1.82) is 0 Å². The molecule has 2 rings (SSSR count). The zero-order valence-electron chi connectivity index (χ0n) is 10.4. The molecule has 1 heterocycles. The van der Waals surface area contributed by atoms with Crippen LogP contribution < -0.4 is 9.47 Å². The first-order valence-corrected chi connectivity index (χ1v) is 6.96. The van der Waals surface area contributed by atoms with Crippen molar-refractivity contribution in [3.63, 3.8) is 0 Å². The van der Waals surface area contributed by atoms with E-state index in [1.54, 1.807) is 24.3 Å². The Hall–Kier alpha value is -2.35. The average molecular weight is 297 g/mol. The minimum atomic E-state index is -4.07. The number of aliphatic imine (C=N–C) groups is 1. The lowest BCUT2D eigenvalue weighted by molar-refractivity contribution is -0.131. The van der Waals surface area contributed by atoms with Gasteiger partial charge in [-0.2, -0.15) is 0 Å². The molecule has 8 heteroatoms. The number of carboxylic acids is 1. The Morgan fingerprint density at radius 2 is 1.95 bits per heavy atom. The van der Waals surface area contributed by atoms with Gasteiger partial charge in [0.25, 0.3) is 0 Å². The molecule has 20 heavy (non-hydrogen) atoms. The lowest BCUT2D eigenvalue weighted by Crippen LogP contribution is -2.23. The molecule has 0 radical (unpaired) electrons. The van der Waals surface area contributed by atoms with Crippen LogP contribution in [-0.2, 0) is 14.6 Å². The smallest absolute Gasteiger partial charge is 0.349 e. The molecular formula is C12H11NO6S. The molecule has 0 atom stereocenters. The number of benzene rings is 1. The molecule has 0 saturated heterocycles. The molecular weight excluding hydrogens is 286 g/mol. The van der Waals surface area contributed by atoms with Crippen molar-refractivity contribution < 1.29 is 27.8 Å². The predicted molar refractivity (Wildman–Crippen MR) is 70.6 cm³/mol. The van der Waals surface area contributed by atoms with Gasteiger partial charge in [-0.15, -0.1) is 0 Å². The first-order valence-electron chi connectivity index (χ1n) is 5.48. The number of nitrogens with zero attached hydrogens (tertiary/aromatic N) is 1. The van der Waals surface area contributed by atoms with Gasteiger partial charge in [-0.05, 0) is 12.1 Å². The molecule has 1 aliphatic heterocycles. The summed E-state index contributed by atoms with van der Waals surface area (Å²) >= 11 is 0. The summed E-state index contributed by atoms with van der Waals surface area (Å²) in [4.78, 5) is 13.6. The third-order valence-corrected chi connectivity index (χ3v) is 4.26. The fourth-order valence-corrected chi connectivity index (χ4v) is 2.64. The van der Waals surface area contributed by atoms with Crippen LogP contribution >= 0.6 is 0 Å². The molecule has 1 aromatic carbocycles. The van der Waals surface area contributed by atoms with E-state index in [0.29, 0.717) is 11.5 Å². The van der Waals surface area contributed by atoms with Gasteiger partial charge in [0, 0.05) is 0 Å². The van der Waals surface area contributed by atoms with Crippen LogP contribution in [0.4, 0.5) is 0 Å². The van der Waals surface area contributed by atoms with E-state index in [2.05, 4.69) is 4.99 Å². The topological polar surface area (TPSA) is 102 Å². The van der Waals surface area contributed by atoms with E-state index >= 15 is 0 Å². The molecule has 1 aromatic rings. The van der Waals surface area contributed by atoms with Crippen LogP contribution in [0.15, 0.2) is 40.4 Å². The highest BCUT2D eigenvalue weighted by atomic mass is 32.2. The third-order valence-electron chi connectivity index (χ3n) is 2.56. The van der Waals surface area contributed by atoms with Gasteiger partial charge >= 0.3 is 5.97 Å². The molecule has 1 aliphatic rings. The van der Waals surface area contributed by atoms with Crippen LogP contribution in [-0.4, -0.2) is 38.3 Å². The Balaban J connectivity index is 2.13. The molecule has 7 nitrogen and oxygen atoms in total. The highest BCUT2D eigenvalue weighted by Crippen LogP contribution is 2.26. The Morgan fingerprint density at radius 3 is 2.50 bits per heavy atom. The van der Waals surface area contributed by atoms with Gasteiger partial charge in [0.2, 0.25) is 9.84 Å². The molecule has 0 fully saturated rings.